The Morgan fingerprint density at radius 1 is 0.870 bits per heavy atom. The zero-order valence-corrected chi connectivity index (χ0v) is 14.7. The van der Waals surface area contributed by atoms with E-state index in [4.69, 9.17) is 23.2 Å². The van der Waals surface area contributed by atoms with Crippen LogP contribution < -0.4 is 0 Å². The fraction of sp³-hybridized carbons (Fsp3) is 0. The quantitative estimate of drug-likeness (QED) is 0.529. The molecule has 2 aliphatic rings. The number of rotatable bonds is 3. The molecule has 118 valence electrons. The first kappa shape index (κ1) is 20.8. The van der Waals surface area contributed by atoms with E-state index in [0.29, 0.717) is 16.0 Å². The Kier molecular flexibility index (Phi) is 10.2. The van der Waals surface area contributed by atoms with E-state index >= 15 is 0 Å². The molecule has 0 N–H and O–H groups in total. The topological polar surface area (TPSA) is 17.1 Å². The van der Waals surface area contributed by atoms with Gasteiger partial charge in [0.05, 0.1) is 5.92 Å². The number of carbonyl (C=O) groups is 1. The van der Waals surface area contributed by atoms with Crippen molar-refractivity contribution >= 4 is 35.1 Å². The summed E-state index contributed by atoms with van der Waals surface area (Å²) in [6.07, 6.45) is 20.4. The molecule has 1 aromatic rings. The number of carbonyl (C=O) groups excluding carboxylic acids is 1. The first-order valence-corrected chi connectivity index (χ1v) is 7.48. The second-order valence-electron chi connectivity index (χ2n) is 4.50. The maximum atomic E-state index is 11.7. The Morgan fingerprint density at radius 2 is 1.43 bits per heavy atom. The van der Waals surface area contributed by atoms with Crippen molar-refractivity contribution in [3.63, 3.8) is 0 Å². The Hall–Kier alpha value is -0.271. The van der Waals surface area contributed by atoms with Crippen LogP contribution in [-0.4, -0.2) is 5.78 Å². The van der Waals surface area contributed by atoms with Crippen molar-refractivity contribution in [3.05, 3.63) is 104 Å². The maximum absolute atomic E-state index is 11.7. The molecule has 2 aliphatic carbocycles. The smallest absolute Gasteiger partial charge is 0.163 e. The van der Waals surface area contributed by atoms with Crippen LogP contribution in [0, 0.1) is 63.7 Å². The largest absolute Gasteiger partial charge is 0.294 e. The van der Waals surface area contributed by atoms with E-state index in [1.165, 1.54) is 6.08 Å². The molecule has 4 heteroatoms. The van der Waals surface area contributed by atoms with Crippen molar-refractivity contribution in [2.75, 3.05) is 0 Å². The van der Waals surface area contributed by atoms with Crippen LogP contribution in [-0.2, 0) is 21.9 Å². The maximum Gasteiger partial charge on any atom is 0.163 e. The van der Waals surface area contributed by atoms with Gasteiger partial charge in [0.2, 0.25) is 0 Å². The van der Waals surface area contributed by atoms with Crippen LogP contribution in [0.2, 0.25) is 10.0 Å². The molecule has 3 rings (SSSR count). The summed E-state index contributed by atoms with van der Waals surface area (Å²) in [5.41, 5.74) is 0.774. The summed E-state index contributed by atoms with van der Waals surface area (Å²) in [5.74, 6) is 0.632. The van der Waals surface area contributed by atoms with E-state index in [9.17, 15) is 4.79 Å². The van der Waals surface area contributed by atoms with Crippen LogP contribution in [0.5, 0.6) is 0 Å². The standard InChI is InChI=1S/C14H9Cl2O.C5H5.Fe/c15-12-7-5-10(13(16)9-12)6-8-14(17)11-3-1-2-4-11;1-2-4-5-3-1;/h1-9H;1-5H;/b8-6+;;. The molecule has 2 fully saturated rings. The SMILES string of the molecule is O=C(/C=C/c1ccc(Cl)cc1Cl)[C]1[CH][CH][CH][CH]1.[CH]1[CH][CH][CH][CH]1.[Fe]. The van der Waals surface area contributed by atoms with Crippen molar-refractivity contribution in [3.8, 4) is 0 Å². The molecule has 23 heavy (non-hydrogen) atoms. The predicted molar refractivity (Wildman–Crippen MR) is 92.4 cm³/mol. The summed E-state index contributed by atoms with van der Waals surface area (Å²) in [6.45, 7) is 0. The second kappa shape index (κ2) is 11.3. The minimum Gasteiger partial charge on any atom is -0.294 e. The normalized spacial score (nSPS) is 17.7. The minimum absolute atomic E-state index is 0. The van der Waals surface area contributed by atoms with Crippen molar-refractivity contribution < 1.29 is 21.9 Å². The van der Waals surface area contributed by atoms with Crippen LogP contribution in [0.15, 0.2) is 24.3 Å². The zero-order chi connectivity index (χ0) is 15.8. The van der Waals surface area contributed by atoms with Gasteiger partial charge in [-0.1, -0.05) is 29.3 Å². The van der Waals surface area contributed by atoms with Crippen LogP contribution >= 0.6 is 23.2 Å². The molecular weight excluding hydrogens is 371 g/mol. The van der Waals surface area contributed by atoms with Gasteiger partial charge in [-0.05, 0) is 87.6 Å². The molecule has 0 unspecified atom stereocenters. The molecule has 0 amide bonds. The summed E-state index contributed by atoms with van der Waals surface area (Å²) in [5, 5.41) is 1.11. The minimum atomic E-state index is -0.0407. The Bertz CT molecular complexity index is 510. The van der Waals surface area contributed by atoms with Gasteiger partial charge >= 0.3 is 0 Å². The molecule has 10 radical (unpaired) electrons. The second-order valence-corrected chi connectivity index (χ2v) is 5.34. The number of hydrogen-bond acceptors (Lipinski definition) is 1. The van der Waals surface area contributed by atoms with E-state index in [-0.39, 0.29) is 22.9 Å². The molecule has 2 saturated carbocycles. The van der Waals surface area contributed by atoms with Gasteiger partial charge in [0, 0.05) is 27.1 Å². The number of allylic oxidation sites excluding steroid dienone is 1. The van der Waals surface area contributed by atoms with Gasteiger partial charge in [0.25, 0.3) is 0 Å². The molecule has 0 heterocycles. The summed E-state index contributed by atoms with van der Waals surface area (Å²) in [7, 11) is 0. The van der Waals surface area contributed by atoms with Gasteiger partial charge in [0.1, 0.15) is 0 Å². The molecule has 1 aromatic carbocycles. The molecule has 0 aromatic heterocycles. The summed E-state index contributed by atoms with van der Waals surface area (Å²) in [4.78, 5) is 11.7. The average molecular weight is 385 g/mol. The van der Waals surface area contributed by atoms with E-state index in [1.54, 1.807) is 37.1 Å². The van der Waals surface area contributed by atoms with Gasteiger partial charge < -0.3 is 0 Å². The number of halogens is 2. The summed E-state index contributed by atoms with van der Waals surface area (Å²) < 4.78 is 0. The van der Waals surface area contributed by atoms with Crippen LogP contribution in [0.25, 0.3) is 6.08 Å². The van der Waals surface area contributed by atoms with E-state index in [1.807, 2.05) is 44.9 Å². The molecule has 0 atom stereocenters. The van der Waals surface area contributed by atoms with Crippen molar-refractivity contribution in [2.24, 2.45) is 0 Å². The fourth-order valence-electron chi connectivity index (χ4n) is 1.76. The third-order valence-corrected chi connectivity index (χ3v) is 3.44. The van der Waals surface area contributed by atoms with E-state index < -0.39 is 0 Å². The molecule has 1 nitrogen and oxygen atoms in total. The Labute approximate surface area is 160 Å². The Balaban J connectivity index is 0.000000377. The van der Waals surface area contributed by atoms with Gasteiger partial charge in [-0.15, -0.1) is 0 Å². The first-order chi connectivity index (χ1) is 10.7. The van der Waals surface area contributed by atoms with Crippen LogP contribution in [0.1, 0.15) is 5.56 Å². The third-order valence-electron chi connectivity index (χ3n) is 2.88. The third kappa shape index (κ3) is 7.43. The first-order valence-electron chi connectivity index (χ1n) is 6.72. The molecule has 0 aliphatic heterocycles. The zero-order valence-electron chi connectivity index (χ0n) is 12.1. The van der Waals surface area contributed by atoms with Gasteiger partial charge in [-0.3, -0.25) is 4.79 Å². The van der Waals surface area contributed by atoms with Gasteiger partial charge in [0.15, 0.2) is 5.78 Å². The molecule has 0 spiro atoms. The van der Waals surface area contributed by atoms with Crippen molar-refractivity contribution in [1.82, 2.24) is 0 Å². The summed E-state index contributed by atoms with van der Waals surface area (Å²) >= 11 is 11.8. The van der Waals surface area contributed by atoms with Gasteiger partial charge in [-0.2, -0.15) is 0 Å². The monoisotopic (exact) mass is 384 g/mol. The number of hydrogen-bond donors (Lipinski definition) is 0. The van der Waals surface area contributed by atoms with Crippen LogP contribution in [0.4, 0.5) is 0 Å². The molecule has 0 bridgehead atoms. The van der Waals surface area contributed by atoms with Crippen molar-refractivity contribution in [2.45, 2.75) is 0 Å². The summed E-state index contributed by atoms with van der Waals surface area (Å²) in [6, 6.07) is 5.16. The molecule has 0 saturated heterocycles. The van der Waals surface area contributed by atoms with Gasteiger partial charge in [-0.25, -0.2) is 0 Å². The van der Waals surface area contributed by atoms with Crippen molar-refractivity contribution in [1.29, 1.82) is 0 Å². The number of ketones is 1. The van der Waals surface area contributed by atoms with Crippen LogP contribution in [0.3, 0.4) is 0 Å². The fourth-order valence-corrected chi connectivity index (χ4v) is 2.23. The van der Waals surface area contributed by atoms with E-state index in [2.05, 4.69) is 0 Å². The van der Waals surface area contributed by atoms with E-state index in [0.717, 1.165) is 5.56 Å². The Morgan fingerprint density at radius 3 is 1.96 bits per heavy atom. The predicted octanol–water partition coefficient (Wildman–Crippen LogP) is 5.00. The molecular formula is C19H14Cl2FeO. The number of benzene rings is 1. The average Bonchev–Trinajstić information content (AvgIpc) is 3.21.